The molecule has 0 saturated heterocycles. The van der Waals surface area contributed by atoms with E-state index >= 15 is 0 Å². The number of imidazole rings is 1. The summed E-state index contributed by atoms with van der Waals surface area (Å²) < 4.78 is 46.4. The first-order valence-electron chi connectivity index (χ1n) is 9.23. The van der Waals surface area contributed by atoms with Crippen LogP contribution in [0, 0.1) is 0 Å². The topological polar surface area (TPSA) is 27.1 Å². The molecule has 0 aliphatic carbocycles. The van der Waals surface area contributed by atoms with Crippen molar-refractivity contribution in [2.75, 3.05) is 0 Å². The second-order valence-corrected chi connectivity index (χ2v) is 6.79. The Morgan fingerprint density at radius 2 is 1.55 bits per heavy atom. The van der Waals surface area contributed by atoms with Crippen LogP contribution < -0.4 is 0 Å². The summed E-state index contributed by atoms with van der Waals surface area (Å²) in [6.45, 7) is 0.759. The van der Waals surface area contributed by atoms with E-state index in [1.54, 1.807) is 6.33 Å². The second kappa shape index (κ2) is 8.09. The van der Waals surface area contributed by atoms with Crippen LogP contribution in [0.2, 0.25) is 0 Å². The number of halogens is 3. The van der Waals surface area contributed by atoms with Gasteiger partial charge in [0.05, 0.1) is 36.1 Å². The first-order chi connectivity index (χ1) is 14.0. The van der Waals surface area contributed by atoms with Crippen molar-refractivity contribution in [2.45, 2.75) is 25.4 Å². The Kier molecular flexibility index (Phi) is 5.36. The van der Waals surface area contributed by atoms with Gasteiger partial charge in [-0.25, -0.2) is 4.98 Å². The molecule has 0 aliphatic rings. The molecular weight excluding hydrogens is 377 g/mol. The zero-order valence-corrected chi connectivity index (χ0v) is 15.5. The Bertz CT molecular complexity index is 1070. The van der Waals surface area contributed by atoms with Gasteiger partial charge in [-0.3, -0.25) is 0 Å². The summed E-state index contributed by atoms with van der Waals surface area (Å²) in [5.41, 5.74) is 2.94. The lowest BCUT2D eigenvalue weighted by atomic mass is 10.1. The van der Waals surface area contributed by atoms with Gasteiger partial charge in [-0.1, -0.05) is 54.6 Å². The fourth-order valence-corrected chi connectivity index (χ4v) is 3.24. The van der Waals surface area contributed by atoms with Gasteiger partial charge < -0.3 is 9.30 Å². The van der Waals surface area contributed by atoms with Crippen LogP contribution in [0.15, 0.2) is 85.2 Å². The lowest BCUT2D eigenvalue weighted by molar-refractivity contribution is -0.137. The predicted octanol–water partition coefficient (Wildman–Crippen LogP) is 6.01. The fraction of sp³-hybridized carbons (Fsp3) is 0.174. The summed E-state index contributed by atoms with van der Waals surface area (Å²) in [6.07, 6.45) is -2.83. The van der Waals surface area contributed by atoms with Crippen LogP contribution in [-0.2, 0) is 24.1 Å². The molecule has 4 aromatic rings. The van der Waals surface area contributed by atoms with E-state index < -0.39 is 11.7 Å². The van der Waals surface area contributed by atoms with Crippen molar-refractivity contribution >= 4 is 11.0 Å². The van der Waals surface area contributed by atoms with Gasteiger partial charge in [0.1, 0.15) is 6.10 Å². The molecule has 3 nitrogen and oxygen atoms in total. The molecule has 1 unspecified atom stereocenters. The SMILES string of the molecule is FC(F)(F)c1ccc(COC(Cn2cnc3ccccc32)c2ccccc2)cc1. The molecule has 0 aliphatic heterocycles. The van der Waals surface area contributed by atoms with Crippen molar-refractivity contribution in [1.82, 2.24) is 9.55 Å². The van der Waals surface area contributed by atoms with Crippen molar-refractivity contribution in [3.63, 3.8) is 0 Å². The number of aromatic nitrogens is 2. The van der Waals surface area contributed by atoms with Crippen LogP contribution in [0.25, 0.3) is 11.0 Å². The molecule has 6 heteroatoms. The van der Waals surface area contributed by atoms with Crippen molar-refractivity contribution < 1.29 is 17.9 Å². The van der Waals surface area contributed by atoms with E-state index in [-0.39, 0.29) is 12.7 Å². The van der Waals surface area contributed by atoms with E-state index in [0.29, 0.717) is 12.1 Å². The molecule has 4 rings (SSSR count). The number of rotatable bonds is 6. The minimum atomic E-state index is -4.34. The first-order valence-corrected chi connectivity index (χ1v) is 9.23. The third-order valence-electron chi connectivity index (χ3n) is 4.79. The zero-order valence-electron chi connectivity index (χ0n) is 15.5. The molecule has 0 radical (unpaired) electrons. The summed E-state index contributed by atoms with van der Waals surface area (Å²) in [7, 11) is 0. The largest absolute Gasteiger partial charge is 0.416 e. The molecule has 1 heterocycles. The number of alkyl halides is 3. The summed E-state index contributed by atoms with van der Waals surface area (Å²) in [5, 5.41) is 0. The molecule has 0 fully saturated rings. The van der Waals surface area contributed by atoms with E-state index in [0.717, 1.165) is 28.7 Å². The molecule has 1 aromatic heterocycles. The Hall–Kier alpha value is -3.12. The number of fused-ring (bicyclic) bond motifs is 1. The third-order valence-corrected chi connectivity index (χ3v) is 4.79. The monoisotopic (exact) mass is 396 g/mol. The predicted molar refractivity (Wildman–Crippen MR) is 105 cm³/mol. The number of nitrogens with zero attached hydrogens (tertiary/aromatic N) is 2. The highest BCUT2D eigenvalue weighted by Crippen LogP contribution is 2.30. The number of para-hydroxylation sites is 2. The lowest BCUT2D eigenvalue weighted by Gasteiger charge is -2.20. The Morgan fingerprint density at radius 3 is 2.28 bits per heavy atom. The van der Waals surface area contributed by atoms with Crippen LogP contribution in [0.3, 0.4) is 0 Å². The molecule has 0 spiro atoms. The molecule has 0 amide bonds. The average Bonchev–Trinajstić information content (AvgIpc) is 3.14. The second-order valence-electron chi connectivity index (χ2n) is 6.79. The number of ether oxygens (including phenoxy) is 1. The Balaban J connectivity index is 1.54. The highest BCUT2D eigenvalue weighted by Gasteiger charge is 2.29. The quantitative estimate of drug-likeness (QED) is 0.399. The van der Waals surface area contributed by atoms with Crippen molar-refractivity contribution in [3.8, 4) is 0 Å². The van der Waals surface area contributed by atoms with E-state index in [9.17, 15) is 13.2 Å². The van der Waals surface area contributed by atoms with E-state index in [1.165, 1.54) is 12.1 Å². The summed E-state index contributed by atoms with van der Waals surface area (Å²) in [6, 6.07) is 22.7. The smallest absolute Gasteiger partial charge is 0.367 e. The van der Waals surface area contributed by atoms with Crippen LogP contribution in [0.1, 0.15) is 22.8 Å². The van der Waals surface area contributed by atoms with Gasteiger partial charge in [0.15, 0.2) is 0 Å². The number of hydrogen-bond acceptors (Lipinski definition) is 2. The molecular formula is C23H19F3N2O. The zero-order chi connectivity index (χ0) is 20.3. The maximum atomic E-state index is 12.8. The molecule has 0 bridgehead atoms. The highest BCUT2D eigenvalue weighted by molar-refractivity contribution is 5.74. The number of hydrogen-bond donors (Lipinski definition) is 0. The van der Waals surface area contributed by atoms with Crippen LogP contribution >= 0.6 is 0 Å². The van der Waals surface area contributed by atoms with Crippen molar-refractivity contribution in [1.29, 1.82) is 0 Å². The fourth-order valence-electron chi connectivity index (χ4n) is 3.24. The van der Waals surface area contributed by atoms with Crippen molar-refractivity contribution in [2.24, 2.45) is 0 Å². The van der Waals surface area contributed by atoms with Gasteiger partial charge in [-0.05, 0) is 35.4 Å². The van der Waals surface area contributed by atoms with E-state index in [2.05, 4.69) is 4.98 Å². The standard InChI is InChI=1S/C23H19F3N2O/c24-23(25,26)19-12-10-17(11-13-19)15-29-22(18-6-2-1-3-7-18)14-28-16-27-20-8-4-5-9-21(20)28/h1-13,16,22H,14-15H2. The molecule has 148 valence electrons. The van der Waals surface area contributed by atoms with Crippen LogP contribution in [0.4, 0.5) is 13.2 Å². The third kappa shape index (κ3) is 4.49. The summed E-state index contributed by atoms with van der Waals surface area (Å²) >= 11 is 0. The van der Waals surface area contributed by atoms with Gasteiger partial charge in [0.25, 0.3) is 0 Å². The summed E-state index contributed by atoms with van der Waals surface area (Å²) in [4.78, 5) is 4.42. The van der Waals surface area contributed by atoms with Crippen LogP contribution in [-0.4, -0.2) is 9.55 Å². The van der Waals surface area contributed by atoms with E-state index in [1.807, 2.05) is 59.2 Å². The molecule has 0 N–H and O–H groups in total. The summed E-state index contributed by atoms with van der Waals surface area (Å²) in [5.74, 6) is 0. The first kappa shape index (κ1) is 19.2. The Labute approximate surface area is 166 Å². The van der Waals surface area contributed by atoms with Crippen LogP contribution in [0.5, 0.6) is 0 Å². The highest BCUT2D eigenvalue weighted by atomic mass is 19.4. The maximum absolute atomic E-state index is 12.8. The number of benzene rings is 3. The average molecular weight is 396 g/mol. The van der Waals surface area contributed by atoms with Gasteiger partial charge in [0, 0.05) is 0 Å². The van der Waals surface area contributed by atoms with Gasteiger partial charge >= 0.3 is 6.18 Å². The Morgan fingerprint density at radius 1 is 0.862 bits per heavy atom. The molecule has 1 atom stereocenters. The van der Waals surface area contributed by atoms with E-state index in [4.69, 9.17) is 4.74 Å². The molecule has 29 heavy (non-hydrogen) atoms. The van der Waals surface area contributed by atoms with Crippen molar-refractivity contribution in [3.05, 3.63) is 102 Å². The maximum Gasteiger partial charge on any atom is 0.416 e. The van der Waals surface area contributed by atoms with Gasteiger partial charge in [0.2, 0.25) is 0 Å². The van der Waals surface area contributed by atoms with Gasteiger partial charge in [-0.2, -0.15) is 13.2 Å². The van der Waals surface area contributed by atoms with Gasteiger partial charge in [-0.15, -0.1) is 0 Å². The normalized spacial score (nSPS) is 12.9. The minimum absolute atomic E-state index is 0.213. The molecule has 0 saturated carbocycles. The minimum Gasteiger partial charge on any atom is -0.367 e. The molecule has 3 aromatic carbocycles. The lowest BCUT2D eigenvalue weighted by Crippen LogP contribution is -2.12.